The van der Waals surface area contributed by atoms with Crippen LogP contribution < -0.4 is 14.4 Å². The minimum atomic E-state index is 0.819. The summed E-state index contributed by atoms with van der Waals surface area (Å²) in [4.78, 5) is 2.24. The predicted octanol–water partition coefficient (Wildman–Crippen LogP) is 9.24. The number of hydrogen-bond donors (Lipinski definition) is 0. The van der Waals surface area contributed by atoms with Crippen molar-refractivity contribution in [3.63, 3.8) is 0 Å². The Balaban J connectivity index is 1.74. The van der Waals surface area contributed by atoms with E-state index in [2.05, 4.69) is 90.9 Å². The van der Waals surface area contributed by atoms with Crippen LogP contribution in [0.3, 0.4) is 0 Å². The van der Waals surface area contributed by atoms with Crippen molar-refractivity contribution in [3.8, 4) is 11.5 Å². The third-order valence-electron chi connectivity index (χ3n) is 6.59. The molecule has 0 bridgehead atoms. The van der Waals surface area contributed by atoms with Gasteiger partial charge >= 0.3 is 0 Å². The summed E-state index contributed by atoms with van der Waals surface area (Å²) in [5.74, 6) is 1.64. The van der Waals surface area contributed by atoms with Crippen LogP contribution >= 0.6 is 0 Å². The molecule has 5 aromatic rings. The lowest BCUT2D eigenvalue weighted by atomic mass is 9.92. The Bertz CT molecular complexity index is 1570. The molecule has 5 aromatic carbocycles. The third-order valence-corrected chi connectivity index (χ3v) is 6.59. The number of nitrogens with zero attached hydrogens (tertiary/aromatic N) is 1. The molecule has 0 saturated carbocycles. The quantitative estimate of drug-likeness (QED) is 0.162. The molecule has 3 heteroatoms. The first-order valence-corrected chi connectivity index (χ1v) is 12.2. The molecule has 0 spiro atoms. The summed E-state index contributed by atoms with van der Waals surface area (Å²) in [6.45, 7) is 7.95. The molecule has 0 aliphatic heterocycles. The fourth-order valence-electron chi connectivity index (χ4n) is 4.78. The summed E-state index contributed by atoms with van der Waals surface area (Å²) < 4.78 is 10.8. The van der Waals surface area contributed by atoms with E-state index in [4.69, 9.17) is 9.47 Å². The second-order valence-corrected chi connectivity index (χ2v) is 8.67. The van der Waals surface area contributed by atoms with Gasteiger partial charge in [0, 0.05) is 17.1 Å². The number of ether oxygens (including phenoxy) is 2. The smallest absolute Gasteiger partial charge is 0.119 e. The van der Waals surface area contributed by atoms with Crippen molar-refractivity contribution in [1.82, 2.24) is 0 Å². The van der Waals surface area contributed by atoms with Crippen molar-refractivity contribution in [2.45, 2.75) is 0 Å². The van der Waals surface area contributed by atoms with Gasteiger partial charge in [0.1, 0.15) is 11.5 Å². The summed E-state index contributed by atoms with van der Waals surface area (Å²) in [6.07, 6.45) is 5.70. The Morgan fingerprint density at radius 1 is 0.649 bits per heavy atom. The summed E-state index contributed by atoms with van der Waals surface area (Å²) in [6, 6.07) is 33.6. The van der Waals surface area contributed by atoms with Gasteiger partial charge in [0.2, 0.25) is 0 Å². The molecule has 0 unspecified atom stereocenters. The molecule has 5 rings (SSSR count). The first kappa shape index (κ1) is 24.0. The summed E-state index contributed by atoms with van der Waals surface area (Å²) in [5, 5.41) is 4.75. The molecule has 0 aromatic heterocycles. The van der Waals surface area contributed by atoms with Gasteiger partial charge < -0.3 is 14.4 Å². The SMILES string of the molecule is C=CC=C(C=C)c1cc2cc(N(c3ccc(OC)cc3)c3ccc(OC)cc3)ccc2c2ccccc12. The lowest BCUT2D eigenvalue weighted by Crippen LogP contribution is -2.10. The Hall–Kier alpha value is -4.76. The van der Waals surface area contributed by atoms with Gasteiger partial charge in [-0.05, 0) is 99.4 Å². The second-order valence-electron chi connectivity index (χ2n) is 8.67. The summed E-state index contributed by atoms with van der Waals surface area (Å²) in [5.41, 5.74) is 5.29. The van der Waals surface area contributed by atoms with E-state index in [0.717, 1.165) is 45.1 Å². The van der Waals surface area contributed by atoms with Gasteiger partial charge in [-0.25, -0.2) is 0 Å². The van der Waals surface area contributed by atoms with Gasteiger partial charge in [-0.15, -0.1) is 0 Å². The van der Waals surface area contributed by atoms with Crippen LogP contribution in [0.2, 0.25) is 0 Å². The molecule has 0 atom stereocenters. The lowest BCUT2D eigenvalue weighted by Gasteiger charge is -2.26. The zero-order valence-electron chi connectivity index (χ0n) is 21.1. The molecular weight excluding hydrogens is 454 g/mol. The van der Waals surface area contributed by atoms with E-state index in [9.17, 15) is 0 Å². The predicted molar refractivity (Wildman–Crippen MR) is 158 cm³/mol. The molecule has 0 aliphatic rings. The van der Waals surface area contributed by atoms with Gasteiger partial charge in [0.05, 0.1) is 14.2 Å². The topological polar surface area (TPSA) is 21.7 Å². The van der Waals surface area contributed by atoms with Crippen molar-refractivity contribution in [2.75, 3.05) is 19.1 Å². The van der Waals surface area contributed by atoms with Gasteiger partial charge in [0.15, 0.2) is 0 Å². The number of fused-ring (bicyclic) bond motifs is 3. The number of anilines is 3. The second kappa shape index (κ2) is 10.5. The molecule has 37 heavy (non-hydrogen) atoms. The molecule has 0 aliphatic carbocycles. The first-order valence-electron chi connectivity index (χ1n) is 12.2. The van der Waals surface area contributed by atoms with Crippen LogP contribution in [0.25, 0.3) is 27.1 Å². The molecule has 182 valence electrons. The molecule has 0 saturated heterocycles. The third kappa shape index (κ3) is 4.60. The molecule has 0 heterocycles. The van der Waals surface area contributed by atoms with Crippen LogP contribution in [0.15, 0.2) is 128 Å². The highest BCUT2D eigenvalue weighted by Crippen LogP contribution is 2.40. The molecule has 3 nitrogen and oxygen atoms in total. The Morgan fingerprint density at radius 2 is 1.22 bits per heavy atom. The standard InChI is InChI=1S/C34H29NO2/c1-5-9-24(6-2)34-23-25-22-28(16-21-31(25)32-10-7-8-11-33(32)34)35(26-12-17-29(36-3)18-13-26)27-14-19-30(37-4)20-15-27/h5-23H,1-2H2,3-4H3. The minimum Gasteiger partial charge on any atom is -0.497 e. The monoisotopic (exact) mass is 483 g/mol. The molecule has 0 amide bonds. The van der Waals surface area contributed by atoms with Gasteiger partial charge in [-0.1, -0.05) is 61.7 Å². The zero-order chi connectivity index (χ0) is 25.8. The number of rotatable bonds is 8. The summed E-state index contributed by atoms with van der Waals surface area (Å²) in [7, 11) is 3.36. The highest BCUT2D eigenvalue weighted by molar-refractivity contribution is 6.13. The maximum Gasteiger partial charge on any atom is 0.119 e. The van der Waals surface area contributed by atoms with E-state index in [1.165, 1.54) is 16.2 Å². The van der Waals surface area contributed by atoms with Crippen molar-refractivity contribution in [1.29, 1.82) is 0 Å². The zero-order valence-corrected chi connectivity index (χ0v) is 21.1. The minimum absolute atomic E-state index is 0.819. The maximum atomic E-state index is 5.40. The highest BCUT2D eigenvalue weighted by Gasteiger charge is 2.15. The number of allylic oxidation sites excluding steroid dienone is 4. The fraction of sp³-hybridized carbons (Fsp3) is 0.0588. The largest absolute Gasteiger partial charge is 0.497 e. The number of benzene rings is 5. The van der Waals surface area contributed by atoms with Gasteiger partial charge in [0.25, 0.3) is 0 Å². The van der Waals surface area contributed by atoms with Crippen LogP contribution in [0.4, 0.5) is 17.1 Å². The van der Waals surface area contributed by atoms with Crippen LogP contribution in [0.5, 0.6) is 11.5 Å². The normalized spacial score (nSPS) is 11.4. The lowest BCUT2D eigenvalue weighted by molar-refractivity contribution is 0.415. The van der Waals surface area contributed by atoms with Crippen LogP contribution in [0, 0.1) is 0 Å². The van der Waals surface area contributed by atoms with Crippen LogP contribution in [0.1, 0.15) is 5.56 Å². The molecule has 0 fully saturated rings. The highest BCUT2D eigenvalue weighted by atomic mass is 16.5. The Morgan fingerprint density at radius 3 is 1.76 bits per heavy atom. The number of methoxy groups -OCH3 is 2. The van der Waals surface area contributed by atoms with Crippen molar-refractivity contribution in [3.05, 3.63) is 134 Å². The van der Waals surface area contributed by atoms with E-state index < -0.39 is 0 Å². The average Bonchev–Trinajstić information content (AvgIpc) is 2.96. The Kier molecular flexibility index (Phi) is 6.78. The van der Waals surface area contributed by atoms with Crippen LogP contribution in [-0.4, -0.2) is 14.2 Å². The van der Waals surface area contributed by atoms with Crippen molar-refractivity contribution in [2.24, 2.45) is 0 Å². The number of hydrogen-bond acceptors (Lipinski definition) is 3. The molecule has 0 N–H and O–H groups in total. The van der Waals surface area contributed by atoms with E-state index in [0.29, 0.717) is 0 Å². The van der Waals surface area contributed by atoms with Gasteiger partial charge in [-0.2, -0.15) is 0 Å². The Labute approximate surface area is 218 Å². The summed E-state index contributed by atoms with van der Waals surface area (Å²) >= 11 is 0. The van der Waals surface area contributed by atoms with E-state index >= 15 is 0 Å². The van der Waals surface area contributed by atoms with E-state index in [1.54, 1.807) is 14.2 Å². The van der Waals surface area contributed by atoms with Gasteiger partial charge in [-0.3, -0.25) is 0 Å². The van der Waals surface area contributed by atoms with E-state index in [-0.39, 0.29) is 0 Å². The maximum absolute atomic E-state index is 5.40. The average molecular weight is 484 g/mol. The molecular formula is C34H29NO2. The van der Waals surface area contributed by atoms with E-state index in [1.807, 2.05) is 42.5 Å². The first-order chi connectivity index (χ1) is 18.2. The van der Waals surface area contributed by atoms with Crippen molar-refractivity contribution >= 4 is 44.2 Å². The fourth-order valence-corrected chi connectivity index (χ4v) is 4.78. The van der Waals surface area contributed by atoms with Crippen molar-refractivity contribution < 1.29 is 9.47 Å². The van der Waals surface area contributed by atoms with Crippen LogP contribution in [-0.2, 0) is 0 Å². The molecule has 0 radical (unpaired) electrons.